The first-order valence-electron chi connectivity index (χ1n) is 3.97. The standard InChI is InChI=1S/C10H11N.2CH4/c1-2-9-7-8-5-3-4-6-10(8)11-9;;/h3-7,11H,2H2,1H3;2*1H4. The van der Waals surface area contributed by atoms with E-state index < -0.39 is 0 Å². The third kappa shape index (κ3) is 2.11. The van der Waals surface area contributed by atoms with E-state index in [2.05, 4.69) is 42.2 Å². The molecule has 0 bridgehead atoms. The molecule has 1 N–H and O–H groups in total. The Morgan fingerprint density at radius 2 is 1.85 bits per heavy atom. The zero-order valence-electron chi connectivity index (χ0n) is 6.59. The van der Waals surface area contributed by atoms with Crippen LogP contribution in [0.1, 0.15) is 27.5 Å². The van der Waals surface area contributed by atoms with Crippen molar-refractivity contribution in [1.29, 1.82) is 0 Å². The molecule has 0 aliphatic carbocycles. The van der Waals surface area contributed by atoms with Crippen LogP contribution in [0.2, 0.25) is 0 Å². The molecular formula is C12H19N. The molecule has 2 rings (SSSR count). The van der Waals surface area contributed by atoms with Crippen molar-refractivity contribution < 1.29 is 0 Å². The van der Waals surface area contributed by atoms with Crippen LogP contribution in [0.15, 0.2) is 30.3 Å². The number of aromatic amines is 1. The summed E-state index contributed by atoms with van der Waals surface area (Å²) >= 11 is 0. The third-order valence-electron chi connectivity index (χ3n) is 1.97. The van der Waals surface area contributed by atoms with Gasteiger partial charge in [-0.25, -0.2) is 0 Å². The number of nitrogens with one attached hydrogen (secondary N) is 1. The summed E-state index contributed by atoms with van der Waals surface area (Å²) in [7, 11) is 0. The average molecular weight is 177 g/mol. The van der Waals surface area contributed by atoms with Crippen molar-refractivity contribution in [1.82, 2.24) is 4.98 Å². The fourth-order valence-electron chi connectivity index (χ4n) is 1.32. The molecule has 1 heteroatoms. The van der Waals surface area contributed by atoms with Crippen molar-refractivity contribution in [2.24, 2.45) is 0 Å². The van der Waals surface area contributed by atoms with E-state index in [1.807, 2.05) is 0 Å². The predicted octanol–water partition coefficient (Wildman–Crippen LogP) is 4.00. The zero-order valence-corrected chi connectivity index (χ0v) is 6.59. The summed E-state index contributed by atoms with van der Waals surface area (Å²) in [5.41, 5.74) is 2.55. The van der Waals surface area contributed by atoms with Gasteiger partial charge in [0, 0.05) is 11.2 Å². The van der Waals surface area contributed by atoms with E-state index in [1.165, 1.54) is 16.6 Å². The molecule has 0 fully saturated rings. The molecule has 13 heavy (non-hydrogen) atoms. The largest absolute Gasteiger partial charge is 0.358 e. The van der Waals surface area contributed by atoms with Crippen LogP contribution in [0.4, 0.5) is 0 Å². The monoisotopic (exact) mass is 177 g/mol. The normalized spacial score (nSPS) is 9.00. The molecule has 1 nitrogen and oxygen atoms in total. The summed E-state index contributed by atoms with van der Waals surface area (Å²) in [6.07, 6.45) is 1.08. The smallest absolute Gasteiger partial charge is 0.0456 e. The molecule has 1 aromatic heterocycles. The van der Waals surface area contributed by atoms with Crippen LogP contribution in [0.25, 0.3) is 10.9 Å². The number of benzene rings is 1. The summed E-state index contributed by atoms with van der Waals surface area (Å²) in [5, 5.41) is 1.31. The molecule has 1 aromatic carbocycles. The zero-order chi connectivity index (χ0) is 7.68. The van der Waals surface area contributed by atoms with Gasteiger partial charge in [-0.1, -0.05) is 40.0 Å². The van der Waals surface area contributed by atoms with Crippen LogP contribution in [-0.4, -0.2) is 4.98 Å². The Morgan fingerprint density at radius 1 is 1.15 bits per heavy atom. The molecular weight excluding hydrogens is 158 g/mol. The van der Waals surface area contributed by atoms with Crippen molar-refractivity contribution in [2.75, 3.05) is 0 Å². The second-order valence-electron chi connectivity index (χ2n) is 2.74. The maximum absolute atomic E-state index is 3.35. The Kier molecular flexibility index (Phi) is 4.26. The van der Waals surface area contributed by atoms with Crippen molar-refractivity contribution in [3.05, 3.63) is 36.0 Å². The SMILES string of the molecule is C.C.CCc1cc2ccccc2[nH]1. The number of rotatable bonds is 1. The first-order valence-corrected chi connectivity index (χ1v) is 3.97. The maximum Gasteiger partial charge on any atom is 0.0456 e. The quantitative estimate of drug-likeness (QED) is 0.677. The average Bonchev–Trinajstić information content (AvgIpc) is 2.46. The lowest BCUT2D eigenvalue weighted by atomic mass is 10.2. The summed E-state index contributed by atoms with van der Waals surface area (Å²) in [6.45, 7) is 2.16. The Balaban J connectivity index is 0.000000720. The fourth-order valence-corrected chi connectivity index (χ4v) is 1.32. The number of hydrogen-bond acceptors (Lipinski definition) is 0. The van der Waals surface area contributed by atoms with E-state index >= 15 is 0 Å². The van der Waals surface area contributed by atoms with Gasteiger partial charge >= 0.3 is 0 Å². The lowest BCUT2D eigenvalue weighted by Gasteiger charge is -1.85. The Labute approximate surface area is 80.8 Å². The van der Waals surface area contributed by atoms with Crippen LogP contribution in [0.5, 0.6) is 0 Å². The molecule has 0 aliphatic rings. The molecule has 0 aliphatic heterocycles. The van der Waals surface area contributed by atoms with E-state index in [-0.39, 0.29) is 14.9 Å². The fraction of sp³-hybridized carbons (Fsp3) is 0.333. The predicted molar refractivity (Wildman–Crippen MR) is 61.1 cm³/mol. The number of aromatic nitrogens is 1. The molecule has 72 valence electrons. The molecule has 1 heterocycles. The molecule has 0 amide bonds. The van der Waals surface area contributed by atoms with Crippen molar-refractivity contribution >= 4 is 10.9 Å². The van der Waals surface area contributed by atoms with Gasteiger partial charge < -0.3 is 4.98 Å². The molecule has 0 unspecified atom stereocenters. The van der Waals surface area contributed by atoms with Gasteiger partial charge in [0.05, 0.1) is 0 Å². The number of aryl methyl sites for hydroxylation is 1. The van der Waals surface area contributed by atoms with Crippen LogP contribution < -0.4 is 0 Å². The third-order valence-corrected chi connectivity index (χ3v) is 1.97. The maximum atomic E-state index is 3.35. The topological polar surface area (TPSA) is 15.8 Å². The molecule has 0 atom stereocenters. The molecule has 0 saturated carbocycles. The first-order chi connectivity index (χ1) is 5.40. The van der Waals surface area contributed by atoms with E-state index in [0.717, 1.165) is 6.42 Å². The number of H-pyrrole nitrogens is 1. The molecule has 0 radical (unpaired) electrons. The molecule has 0 saturated heterocycles. The van der Waals surface area contributed by atoms with Crippen LogP contribution in [0, 0.1) is 0 Å². The highest BCUT2D eigenvalue weighted by atomic mass is 14.7. The summed E-state index contributed by atoms with van der Waals surface area (Å²) in [4.78, 5) is 3.35. The summed E-state index contributed by atoms with van der Waals surface area (Å²) in [6, 6.07) is 10.6. The Morgan fingerprint density at radius 3 is 2.46 bits per heavy atom. The molecule has 0 spiro atoms. The van der Waals surface area contributed by atoms with Gasteiger partial charge in [0.1, 0.15) is 0 Å². The van der Waals surface area contributed by atoms with Crippen molar-refractivity contribution in [3.8, 4) is 0 Å². The lowest BCUT2D eigenvalue weighted by Crippen LogP contribution is -1.74. The van der Waals surface area contributed by atoms with Gasteiger partial charge in [0.2, 0.25) is 0 Å². The van der Waals surface area contributed by atoms with E-state index in [1.54, 1.807) is 0 Å². The van der Waals surface area contributed by atoms with Crippen molar-refractivity contribution in [3.63, 3.8) is 0 Å². The minimum absolute atomic E-state index is 0. The highest BCUT2D eigenvalue weighted by molar-refractivity contribution is 5.80. The van der Waals surface area contributed by atoms with Gasteiger partial charge in [-0.3, -0.25) is 0 Å². The van der Waals surface area contributed by atoms with Gasteiger partial charge in [0.15, 0.2) is 0 Å². The second-order valence-corrected chi connectivity index (χ2v) is 2.74. The minimum atomic E-state index is 0. The van der Waals surface area contributed by atoms with Crippen LogP contribution in [-0.2, 0) is 6.42 Å². The highest BCUT2D eigenvalue weighted by Crippen LogP contribution is 2.14. The highest BCUT2D eigenvalue weighted by Gasteiger charge is 1.95. The van der Waals surface area contributed by atoms with Gasteiger partial charge in [-0.2, -0.15) is 0 Å². The number of fused-ring (bicyclic) bond motifs is 1. The summed E-state index contributed by atoms with van der Waals surface area (Å²) < 4.78 is 0. The lowest BCUT2D eigenvalue weighted by molar-refractivity contribution is 1.07. The van der Waals surface area contributed by atoms with Crippen LogP contribution in [0.3, 0.4) is 0 Å². The second kappa shape index (κ2) is 4.70. The first kappa shape index (κ1) is 11.8. The number of hydrogen-bond donors (Lipinski definition) is 1. The Hall–Kier alpha value is -1.24. The van der Waals surface area contributed by atoms with Crippen molar-refractivity contribution in [2.45, 2.75) is 28.2 Å². The summed E-state index contributed by atoms with van der Waals surface area (Å²) in [5.74, 6) is 0. The van der Waals surface area contributed by atoms with E-state index in [0.29, 0.717) is 0 Å². The van der Waals surface area contributed by atoms with E-state index in [4.69, 9.17) is 0 Å². The van der Waals surface area contributed by atoms with Gasteiger partial charge in [-0.15, -0.1) is 0 Å². The van der Waals surface area contributed by atoms with Gasteiger partial charge in [0.25, 0.3) is 0 Å². The van der Waals surface area contributed by atoms with E-state index in [9.17, 15) is 0 Å². The number of para-hydroxylation sites is 1. The van der Waals surface area contributed by atoms with Gasteiger partial charge in [-0.05, 0) is 23.9 Å². The van der Waals surface area contributed by atoms with Crippen LogP contribution >= 0.6 is 0 Å². The minimum Gasteiger partial charge on any atom is -0.358 e. The Bertz CT molecular complexity index is 327. The molecule has 2 aromatic rings.